The third-order valence-corrected chi connectivity index (χ3v) is 16.4. The van der Waals surface area contributed by atoms with E-state index in [0.29, 0.717) is 56.4 Å². The van der Waals surface area contributed by atoms with E-state index in [0.717, 1.165) is 5.56 Å². The van der Waals surface area contributed by atoms with E-state index in [1.54, 1.807) is 64.7 Å². The maximum absolute atomic E-state index is 14.6. The van der Waals surface area contributed by atoms with Gasteiger partial charge >= 0.3 is 11.9 Å². The third kappa shape index (κ3) is 14.2. The zero-order chi connectivity index (χ0) is 56.8. The predicted octanol–water partition coefficient (Wildman–Crippen LogP) is 4.71. The van der Waals surface area contributed by atoms with Gasteiger partial charge in [0, 0.05) is 89.9 Å². The van der Waals surface area contributed by atoms with E-state index in [-0.39, 0.29) is 42.8 Å². The minimum atomic E-state index is -2.00. The molecule has 0 amide bonds. The maximum Gasteiger partial charge on any atom is 0.341 e. The number of aliphatic hydroxyl groups excluding tert-OH is 2. The molecule has 1 aromatic carbocycles. The Morgan fingerprint density at radius 2 is 1.50 bits per heavy atom. The lowest BCUT2D eigenvalue weighted by Gasteiger charge is -2.50. The first-order valence-electron chi connectivity index (χ1n) is 27.1. The van der Waals surface area contributed by atoms with E-state index in [4.69, 9.17) is 42.6 Å². The van der Waals surface area contributed by atoms with Crippen molar-refractivity contribution < 1.29 is 77.4 Å². The van der Waals surface area contributed by atoms with Crippen LogP contribution >= 0.6 is 0 Å². The Kier molecular flexibility index (Phi) is 22.1. The maximum atomic E-state index is 14.6. The molecular formula is C56H91N3O17. The number of aromatic carboxylic acids is 1. The second kappa shape index (κ2) is 26.5. The van der Waals surface area contributed by atoms with Gasteiger partial charge in [-0.1, -0.05) is 33.8 Å². The predicted molar refractivity (Wildman–Crippen MR) is 284 cm³/mol. The summed E-state index contributed by atoms with van der Waals surface area (Å²) in [5.41, 5.74) is -3.56. The number of ketones is 1. The van der Waals surface area contributed by atoms with Crippen LogP contribution in [0.2, 0.25) is 0 Å². The van der Waals surface area contributed by atoms with Gasteiger partial charge in [0.1, 0.15) is 35.3 Å². The van der Waals surface area contributed by atoms with Crippen LogP contribution < -0.4 is 10.4 Å². The summed E-state index contributed by atoms with van der Waals surface area (Å²) < 4.78 is 59.6. The number of carbonyl (C=O) groups is 3. The number of carboxylic acid groups (broad SMARTS) is 1. The minimum absolute atomic E-state index is 0.0861. The van der Waals surface area contributed by atoms with Crippen LogP contribution in [0.5, 0.6) is 0 Å². The first kappa shape index (κ1) is 63.2. The molecule has 3 aliphatic heterocycles. The number of hydrogen-bond donors (Lipinski definition) is 4. The quantitative estimate of drug-likeness (QED) is 0.110. The molecule has 3 aliphatic rings. The van der Waals surface area contributed by atoms with Gasteiger partial charge in [-0.05, 0) is 112 Å². The Hall–Kier alpha value is -3.64. The van der Waals surface area contributed by atoms with Crippen molar-refractivity contribution in [2.45, 2.75) is 198 Å². The molecule has 3 saturated heterocycles. The van der Waals surface area contributed by atoms with Crippen LogP contribution in [0, 0.1) is 23.7 Å². The van der Waals surface area contributed by atoms with E-state index in [9.17, 15) is 39.6 Å². The van der Waals surface area contributed by atoms with Crippen molar-refractivity contribution in [3.63, 3.8) is 0 Å². The Morgan fingerprint density at radius 3 is 2.11 bits per heavy atom. The first-order valence-corrected chi connectivity index (χ1v) is 27.1. The number of aromatic nitrogens is 1. The summed E-state index contributed by atoms with van der Waals surface area (Å²) in [7, 11) is 10.4. The number of rotatable bonds is 19. The van der Waals surface area contributed by atoms with Crippen LogP contribution in [0.1, 0.15) is 124 Å². The number of ether oxygens (including phenoxy) is 9. The lowest BCUT2D eigenvalue weighted by molar-refractivity contribution is -0.322. The van der Waals surface area contributed by atoms with E-state index < -0.39 is 113 Å². The molecule has 20 nitrogen and oxygen atoms in total. The summed E-state index contributed by atoms with van der Waals surface area (Å²) in [5.74, 6) is -5.92. The molecule has 1 aromatic heterocycles. The first-order chi connectivity index (χ1) is 35.6. The van der Waals surface area contributed by atoms with Gasteiger partial charge in [0.05, 0.1) is 53.2 Å². The average Bonchev–Trinajstić information content (AvgIpc) is 3.37. The second-order valence-electron chi connectivity index (χ2n) is 22.8. The van der Waals surface area contributed by atoms with Crippen molar-refractivity contribution in [2.24, 2.45) is 23.7 Å². The van der Waals surface area contributed by atoms with Crippen LogP contribution in [0.15, 0.2) is 29.2 Å². The number of aliphatic hydroxyl groups is 3. The van der Waals surface area contributed by atoms with E-state index in [2.05, 4.69) is 0 Å². The summed E-state index contributed by atoms with van der Waals surface area (Å²) in [5, 5.41) is 47.0. The summed E-state index contributed by atoms with van der Waals surface area (Å²) in [6.45, 7) is 18.6. The van der Waals surface area contributed by atoms with E-state index >= 15 is 0 Å². The number of Topliss-reactive ketones (excluding diaryl/α,β-unsaturated/α-hetero) is 1. The zero-order valence-corrected chi connectivity index (χ0v) is 48.0. The molecule has 0 saturated carbocycles. The Labute approximate surface area is 449 Å². The highest BCUT2D eigenvalue weighted by atomic mass is 16.7. The molecule has 0 spiro atoms. The standard InChI is InChI=1S/C56H91N3O17/c1-17-42-56(10,67)48(63)33(4)44(60)31(2)28-54(8,68-15)49(76-53-46(62)41(57(11)12)26-32(3)72-53)34(5)47(35(6)52(66)74-42)75-43-29-55(9,69-16)50(36(7)73-43)71-25-19-24-70-23-18-20-37-21-22-40-38(27-37)45(61)39(51(64)65)30-59(40)58(13)14/h21-22,27,30-36,41-43,46-50,53,62-63,67H,17-20,23-26,28-29H2,1-16H3,(H,64,65)/t31-,32-,33+,34+,35-,36+,41+,42-,43+,46-,47+,48-,49-,50+,53+,54-,55-,56-/m1/s1. The molecule has 3 fully saturated rings. The molecule has 0 radical (unpaired) electrons. The van der Waals surface area contributed by atoms with E-state index in [1.807, 2.05) is 65.7 Å². The number of likely N-dealkylation sites (N-methyl/N-ethyl adjacent to an activating group) is 1. The molecule has 5 rings (SSSR count). The highest BCUT2D eigenvalue weighted by molar-refractivity contribution is 5.93. The lowest BCUT2D eigenvalue weighted by atomic mass is 9.74. The fourth-order valence-electron chi connectivity index (χ4n) is 11.7. The van der Waals surface area contributed by atoms with Gasteiger partial charge in [-0.15, -0.1) is 0 Å². The molecule has 0 aliphatic carbocycles. The minimum Gasteiger partial charge on any atom is -0.477 e. The number of methoxy groups -OCH3 is 2. The summed E-state index contributed by atoms with van der Waals surface area (Å²) in [4.78, 5) is 55.6. The van der Waals surface area contributed by atoms with Crippen molar-refractivity contribution in [3.8, 4) is 0 Å². The molecule has 432 valence electrons. The summed E-state index contributed by atoms with van der Waals surface area (Å²) >= 11 is 0. The van der Waals surface area contributed by atoms with Crippen LogP contribution in [0.3, 0.4) is 0 Å². The Balaban J connectivity index is 1.33. The van der Waals surface area contributed by atoms with Gasteiger partial charge in [-0.3, -0.25) is 19.1 Å². The summed E-state index contributed by atoms with van der Waals surface area (Å²) in [6, 6.07) is 5.19. The Bertz CT molecular complexity index is 2310. The van der Waals surface area contributed by atoms with Crippen LogP contribution in [0.4, 0.5) is 0 Å². The number of esters is 1. The molecule has 4 heterocycles. The lowest BCUT2D eigenvalue weighted by Crippen LogP contribution is -2.61. The molecule has 4 N–H and O–H groups in total. The fourth-order valence-corrected chi connectivity index (χ4v) is 11.7. The van der Waals surface area contributed by atoms with Gasteiger partial charge in [0.15, 0.2) is 12.6 Å². The number of carboxylic acids is 1. The molecular weight excluding hydrogens is 987 g/mol. The number of benzene rings is 1. The van der Waals surface area contributed by atoms with Crippen molar-refractivity contribution in [1.82, 2.24) is 9.58 Å². The topological polar surface area (TPSA) is 244 Å². The fraction of sp³-hybridized carbons (Fsp3) is 0.786. The van der Waals surface area contributed by atoms with Crippen molar-refractivity contribution >= 4 is 28.6 Å². The molecule has 20 heteroatoms. The SMILES string of the molecule is CC[C@H]1OC(=O)[C@H](C)[C@@H](O[C@H]2C[C@@](C)(OC)[C@@H](OCCCOCCCc3ccc4c(c3)c(=O)c(C(=O)O)cn4N(C)C)[C@H](C)O2)[C@H](C)[C@@H](O[C@@H]2O[C@H](C)C[C@H](N(C)C)[C@H]2O)[C@](C)(OC)C[C@@H](C)C(=O)[C@H](C)[C@@H](O)[C@]1(C)O. The molecule has 18 atom stereocenters. The van der Waals surface area contributed by atoms with Gasteiger partial charge in [0.2, 0.25) is 5.43 Å². The van der Waals surface area contributed by atoms with Gasteiger partial charge < -0.3 is 73.0 Å². The van der Waals surface area contributed by atoms with Gasteiger partial charge in [0.25, 0.3) is 0 Å². The third-order valence-electron chi connectivity index (χ3n) is 16.4. The van der Waals surface area contributed by atoms with E-state index in [1.165, 1.54) is 20.2 Å². The average molecular weight is 1080 g/mol. The number of fused-ring (bicyclic) bond motifs is 1. The monoisotopic (exact) mass is 1080 g/mol. The van der Waals surface area contributed by atoms with Crippen molar-refractivity contribution in [3.05, 3.63) is 45.7 Å². The highest BCUT2D eigenvalue weighted by Gasteiger charge is 2.54. The molecule has 2 aromatic rings. The van der Waals surface area contributed by atoms with Gasteiger partial charge in [-0.25, -0.2) is 4.79 Å². The largest absolute Gasteiger partial charge is 0.477 e. The van der Waals surface area contributed by atoms with Crippen LogP contribution in [-0.2, 0) is 58.6 Å². The number of carbonyl (C=O) groups excluding carboxylic acids is 2. The number of pyridine rings is 1. The molecule has 0 unspecified atom stereocenters. The molecule has 76 heavy (non-hydrogen) atoms. The normalized spacial score (nSPS) is 37.2. The summed E-state index contributed by atoms with van der Waals surface area (Å²) in [6.07, 6.45) is -5.30. The second-order valence-corrected chi connectivity index (χ2v) is 22.8. The number of hydrogen-bond acceptors (Lipinski definition) is 18. The van der Waals surface area contributed by atoms with Crippen molar-refractivity contribution in [1.29, 1.82) is 0 Å². The number of nitrogens with zero attached hydrogens (tertiary/aromatic N) is 3. The van der Waals surface area contributed by atoms with Crippen molar-refractivity contribution in [2.75, 3.05) is 67.2 Å². The Morgan fingerprint density at radius 1 is 0.855 bits per heavy atom. The highest BCUT2D eigenvalue weighted by Crippen LogP contribution is 2.42. The van der Waals surface area contributed by atoms with Crippen LogP contribution in [-0.4, -0.2) is 194 Å². The zero-order valence-electron chi connectivity index (χ0n) is 48.0. The smallest absolute Gasteiger partial charge is 0.341 e. The number of aryl methyl sites for hydroxylation is 1. The van der Waals surface area contributed by atoms with Gasteiger partial charge in [-0.2, -0.15) is 0 Å². The number of cyclic esters (lactones) is 1. The molecule has 0 bridgehead atoms. The van der Waals surface area contributed by atoms with Crippen LogP contribution in [0.25, 0.3) is 10.9 Å².